The van der Waals surface area contributed by atoms with Crippen LogP contribution in [0.5, 0.6) is 17.4 Å². The normalized spacial score (nSPS) is 11.3. The number of rotatable bonds is 7. The van der Waals surface area contributed by atoms with E-state index in [1.54, 1.807) is 30.6 Å². The third-order valence-electron chi connectivity index (χ3n) is 4.89. The Kier molecular flexibility index (Phi) is 5.97. The molecule has 0 atom stereocenters. The van der Waals surface area contributed by atoms with Gasteiger partial charge in [-0.05, 0) is 62.4 Å². The highest BCUT2D eigenvalue weighted by Gasteiger charge is 2.17. The molecule has 9 nitrogen and oxygen atoms in total. The minimum Gasteiger partial charge on any atom is -0.494 e. The lowest BCUT2D eigenvalue weighted by Crippen LogP contribution is -2.13. The first-order valence-electron chi connectivity index (χ1n) is 9.76. The van der Waals surface area contributed by atoms with Crippen LogP contribution in [0, 0.1) is 19.7 Å². The van der Waals surface area contributed by atoms with Crippen molar-refractivity contribution in [3.63, 3.8) is 0 Å². The molecule has 11 heteroatoms. The smallest absolute Gasteiger partial charge is 0.262 e. The van der Waals surface area contributed by atoms with E-state index in [-0.39, 0.29) is 22.2 Å². The van der Waals surface area contributed by atoms with E-state index in [1.165, 1.54) is 31.4 Å². The van der Waals surface area contributed by atoms with Crippen molar-refractivity contribution in [2.75, 3.05) is 11.8 Å². The van der Waals surface area contributed by atoms with Crippen LogP contribution in [0.3, 0.4) is 0 Å². The van der Waals surface area contributed by atoms with Crippen LogP contribution in [0.2, 0.25) is 0 Å². The number of hydrogen-bond donors (Lipinski definition) is 1. The quantitative estimate of drug-likeness (QED) is 0.435. The molecule has 4 rings (SSSR count). The Balaban J connectivity index is 1.44. The van der Waals surface area contributed by atoms with Crippen molar-refractivity contribution in [3.8, 4) is 23.2 Å². The number of aromatic nitrogens is 4. The number of benzene rings is 2. The first-order valence-corrected chi connectivity index (χ1v) is 11.2. The summed E-state index contributed by atoms with van der Waals surface area (Å²) in [5.41, 5.74) is 2.16. The summed E-state index contributed by atoms with van der Waals surface area (Å²) in [6, 6.07) is 13.0. The predicted molar refractivity (Wildman–Crippen MR) is 119 cm³/mol. The van der Waals surface area contributed by atoms with E-state index < -0.39 is 15.8 Å². The van der Waals surface area contributed by atoms with Gasteiger partial charge in [-0.3, -0.25) is 9.29 Å². The van der Waals surface area contributed by atoms with Crippen LogP contribution in [0.4, 0.5) is 10.1 Å². The van der Waals surface area contributed by atoms with Crippen molar-refractivity contribution in [2.24, 2.45) is 0 Å². The predicted octanol–water partition coefficient (Wildman–Crippen LogP) is 4.02. The highest BCUT2D eigenvalue weighted by atomic mass is 32.2. The summed E-state index contributed by atoms with van der Waals surface area (Å²) in [4.78, 5) is 4.02. The zero-order valence-corrected chi connectivity index (χ0v) is 18.8. The van der Waals surface area contributed by atoms with Crippen LogP contribution >= 0.6 is 0 Å². The highest BCUT2D eigenvalue weighted by molar-refractivity contribution is 7.92. The minimum absolute atomic E-state index is 0.0399. The van der Waals surface area contributed by atoms with Crippen LogP contribution in [-0.4, -0.2) is 35.3 Å². The maximum Gasteiger partial charge on any atom is 0.262 e. The molecular formula is C22H20FN5O4S. The molecule has 0 radical (unpaired) electrons. The summed E-state index contributed by atoms with van der Waals surface area (Å²) in [7, 11) is -2.68. The summed E-state index contributed by atoms with van der Waals surface area (Å²) < 4.78 is 53.6. The van der Waals surface area contributed by atoms with Crippen molar-refractivity contribution in [3.05, 3.63) is 78.1 Å². The molecule has 0 unspecified atom stereocenters. The number of hydrogen-bond acceptors (Lipinski definition) is 7. The van der Waals surface area contributed by atoms with E-state index in [0.717, 1.165) is 17.5 Å². The fraction of sp³-hybridized carbons (Fsp3) is 0.136. The standard InChI is InChI=1S/C22H20FN5O4S/c1-14-15(2)28(13-24-14)21-10-11-22(26-25-21)32-17-6-4-16(5-7-17)27-33(29,30)18-8-9-20(31-3)19(23)12-18/h4-13,27H,1-3H3. The van der Waals surface area contributed by atoms with Gasteiger partial charge in [0.2, 0.25) is 5.88 Å². The van der Waals surface area contributed by atoms with Gasteiger partial charge in [-0.2, -0.15) is 0 Å². The number of halogens is 1. The molecule has 0 aliphatic rings. The Labute approximate surface area is 189 Å². The third-order valence-corrected chi connectivity index (χ3v) is 6.27. The average Bonchev–Trinajstić information content (AvgIpc) is 3.13. The lowest BCUT2D eigenvalue weighted by atomic mass is 10.3. The number of nitrogens with zero attached hydrogens (tertiary/aromatic N) is 4. The number of imidazole rings is 1. The first kappa shape index (κ1) is 22.2. The van der Waals surface area contributed by atoms with Crippen molar-refractivity contribution in [1.82, 2.24) is 19.7 Å². The number of aryl methyl sites for hydroxylation is 1. The Bertz CT molecular complexity index is 1390. The molecule has 0 saturated carbocycles. The van der Waals surface area contributed by atoms with Crippen molar-refractivity contribution in [2.45, 2.75) is 18.7 Å². The topological polar surface area (TPSA) is 108 Å². The summed E-state index contributed by atoms with van der Waals surface area (Å²) in [5, 5.41) is 8.22. The van der Waals surface area contributed by atoms with E-state index in [4.69, 9.17) is 9.47 Å². The summed E-state index contributed by atoms with van der Waals surface area (Å²) in [5.74, 6) is 0.511. The maximum atomic E-state index is 13.9. The zero-order valence-electron chi connectivity index (χ0n) is 18.0. The van der Waals surface area contributed by atoms with E-state index in [0.29, 0.717) is 11.6 Å². The lowest BCUT2D eigenvalue weighted by Gasteiger charge is -2.10. The summed E-state index contributed by atoms with van der Waals surface area (Å²) in [6.45, 7) is 3.85. The second-order valence-corrected chi connectivity index (χ2v) is 8.73. The van der Waals surface area contributed by atoms with Gasteiger partial charge in [0.25, 0.3) is 10.0 Å². The fourth-order valence-corrected chi connectivity index (χ4v) is 4.04. The van der Waals surface area contributed by atoms with Gasteiger partial charge in [0.1, 0.15) is 12.1 Å². The number of nitrogens with one attached hydrogen (secondary N) is 1. The number of ether oxygens (including phenoxy) is 2. The first-order chi connectivity index (χ1) is 15.8. The molecule has 0 aliphatic carbocycles. The maximum absolute atomic E-state index is 13.9. The monoisotopic (exact) mass is 469 g/mol. The molecule has 0 bridgehead atoms. The molecule has 170 valence electrons. The van der Waals surface area contributed by atoms with E-state index in [2.05, 4.69) is 19.9 Å². The molecule has 2 aromatic heterocycles. The SMILES string of the molecule is COc1ccc(S(=O)(=O)Nc2ccc(Oc3ccc(-n4cnc(C)c4C)nn3)cc2)cc1F. The lowest BCUT2D eigenvalue weighted by molar-refractivity contribution is 0.385. The van der Waals surface area contributed by atoms with Gasteiger partial charge in [0.05, 0.1) is 17.7 Å². The zero-order chi connectivity index (χ0) is 23.6. The van der Waals surface area contributed by atoms with Gasteiger partial charge in [0, 0.05) is 17.4 Å². The molecule has 2 heterocycles. The average molecular weight is 469 g/mol. The number of methoxy groups -OCH3 is 1. The van der Waals surface area contributed by atoms with Gasteiger partial charge < -0.3 is 9.47 Å². The third kappa shape index (κ3) is 4.77. The highest BCUT2D eigenvalue weighted by Crippen LogP contribution is 2.25. The summed E-state index contributed by atoms with van der Waals surface area (Å²) in [6.07, 6.45) is 1.68. The van der Waals surface area contributed by atoms with E-state index >= 15 is 0 Å². The number of sulfonamides is 1. The molecule has 2 aromatic carbocycles. The second-order valence-electron chi connectivity index (χ2n) is 7.04. The van der Waals surface area contributed by atoms with Gasteiger partial charge in [-0.1, -0.05) is 0 Å². The largest absolute Gasteiger partial charge is 0.494 e. The molecule has 4 aromatic rings. The molecule has 0 amide bonds. The van der Waals surface area contributed by atoms with Crippen molar-refractivity contribution < 1.29 is 22.3 Å². The van der Waals surface area contributed by atoms with Crippen molar-refractivity contribution >= 4 is 15.7 Å². The van der Waals surface area contributed by atoms with Crippen LogP contribution in [-0.2, 0) is 10.0 Å². The van der Waals surface area contributed by atoms with Crippen LogP contribution in [0.1, 0.15) is 11.4 Å². The minimum atomic E-state index is -3.98. The van der Waals surface area contributed by atoms with Gasteiger partial charge in [-0.25, -0.2) is 17.8 Å². The molecule has 0 spiro atoms. The molecule has 33 heavy (non-hydrogen) atoms. The number of anilines is 1. The Morgan fingerprint density at radius 3 is 2.33 bits per heavy atom. The molecule has 1 N–H and O–H groups in total. The Morgan fingerprint density at radius 1 is 1.00 bits per heavy atom. The Hall–Kier alpha value is -3.99. The molecule has 0 aliphatic heterocycles. The second kappa shape index (κ2) is 8.87. The van der Waals surface area contributed by atoms with E-state index in [9.17, 15) is 12.8 Å². The van der Waals surface area contributed by atoms with Crippen molar-refractivity contribution in [1.29, 1.82) is 0 Å². The fourth-order valence-electron chi connectivity index (χ4n) is 2.97. The van der Waals surface area contributed by atoms with Crippen LogP contribution in [0.25, 0.3) is 5.82 Å². The Morgan fingerprint density at radius 2 is 1.76 bits per heavy atom. The van der Waals surface area contributed by atoms with Gasteiger partial charge in [0.15, 0.2) is 17.4 Å². The van der Waals surface area contributed by atoms with Gasteiger partial charge >= 0.3 is 0 Å². The molecule has 0 saturated heterocycles. The van der Waals surface area contributed by atoms with Gasteiger partial charge in [-0.15, -0.1) is 10.2 Å². The van der Waals surface area contributed by atoms with Crippen LogP contribution < -0.4 is 14.2 Å². The van der Waals surface area contributed by atoms with Crippen LogP contribution in [0.15, 0.2) is 65.8 Å². The molecular weight excluding hydrogens is 449 g/mol. The van der Waals surface area contributed by atoms with E-state index in [1.807, 2.05) is 18.4 Å². The molecule has 0 fully saturated rings. The summed E-state index contributed by atoms with van der Waals surface area (Å²) >= 11 is 0.